The number of rotatable bonds is 10. The second kappa shape index (κ2) is 10.8. The zero-order valence-electron chi connectivity index (χ0n) is 18.7. The van der Waals surface area contributed by atoms with Gasteiger partial charge in [0.25, 0.3) is 0 Å². The minimum absolute atomic E-state index is 0.318. The predicted octanol–water partition coefficient (Wildman–Crippen LogP) is 2.38. The van der Waals surface area contributed by atoms with E-state index in [0.717, 1.165) is 51.9 Å². The van der Waals surface area contributed by atoms with E-state index in [0.29, 0.717) is 41.5 Å². The third-order valence-electron chi connectivity index (χ3n) is 5.41. The van der Waals surface area contributed by atoms with Crippen molar-refractivity contribution >= 4 is 30.0 Å². The van der Waals surface area contributed by atoms with Crippen LogP contribution in [0.25, 0.3) is 0 Å². The number of carboxylic acid groups (broad SMARTS) is 1. The smallest absolute Gasteiger partial charge is 0.341 e. The molecule has 0 atom stereocenters. The average molecular weight is 456 g/mol. The van der Waals surface area contributed by atoms with E-state index in [1.165, 1.54) is 6.21 Å². The van der Waals surface area contributed by atoms with Gasteiger partial charge in [0.1, 0.15) is 0 Å². The van der Waals surface area contributed by atoms with Gasteiger partial charge in [0.15, 0.2) is 18.1 Å². The third-order valence-corrected chi connectivity index (χ3v) is 5.41. The zero-order chi connectivity index (χ0) is 23.0. The topological polar surface area (TPSA) is 125 Å². The van der Waals surface area contributed by atoms with Crippen molar-refractivity contribution in [1.29, 1.82) is 0 Å². The van der Waals surface area contributed by atoms with Crippen LogP contribution in [0.3, 0.4) is 0 Å². The van der Waals surface area contributed by atoms with Gasteiger partial charge >= 0.3 is 5.97 Å². The number of para-hydroxylation sites is 1. The first-order valence-corrected chi connectivity index (χ1v) is 11.3. The minimum atomic E-state index is -1.07. The van der Waals surface area contributed by atoms with Crippen LogP contribution in [0.4, 0.5) is 17.8 Å². The summed E-state index contributed by atoms with van der Waals surface area (Å²) in [5, 5.41) is 13.3. The molecule has 2 N–H and O–H groups in total. The number of hydrogen-bond acceptors (Lipinski definition) is 10. The van der Waals surface area contributed by atoms with Crippen LogP contribution < -0.4 is 24.7 Å². The molecule has 0 aliphatic carbocycles. The molecule has 176 valence electrons. The van der Waals surface area contributed by atoms with Gasteiger partial charge in [-0.3, -0.25) is 0 Å². The Labute approximate surface area is 192 Å². The fourth-order valence-electron chi connectivity index (χ4n) is 3.87. The third kappa shape index (κ3) is 5.79. The number of nitrogens with zero attached hydrogens (tertiary/aromatic N) is 6. The molecule has 0 bridgehead atoms. The molecule has 2 aliphatic rings. The predicted molar refractivity (Wildman–Crippen MR) is 125 cm³/mol. The quantitative estimate of drug-likeness (QED) is 0.407. The molecule has 0 unspecified atom stereocenters. The Morgan fingerprint density at radius 1 is 1.06 bits per heavy atom. The van der Waals surface area contributed by atoms with Gasteiger partial charge in [-0.05, 0) is 44.7 Å². The number of aliphatic carboxylic acids is 1. The highest BCUT2D eigenvalue weighted by molar-refractivity contribution is 5.85. The number of anilines is 3. The Bertz CT molecular complexity index is 954. The van der Waals surface area contributed by atoms with Crippen molar-refractivity contribution in [2.75, 3.05) is 54.6 Å². The van der Waals surface area contributed by atoms with Crippen LogP contribution in [0.15, 0.2) is 23.3 Å². The largest absolute Gasteiger partial charge is 0.490 e. The van der Waals surface area contributed by atoms with Crippen LogP contribution in [0.1, 0.15) is 38.2 Å². The molecule has 3 heterocycles. The number of ether oxygens (including phenoxy) is 2. The standard InChI is InChI=1S/C22H29N7O4/c1-2-32-17-9-7-8-16(19(17)33-15-18(30)31)14-23-27-20-24-21(28-10-3-4-11-28)26-22(25-20)29-12-5-6-13-29/h7-9,14H,2-6,10-13,15H2,1H3,(H,30,31)(H,24,25,26,27)/b23-14+. The van der Waals surface area contributed by atoms with Crippen molar-refractivity contribution < 1.29 is 19.4 Å². The lowest BCUT2D eigenvalue weighted by Gasteiger charge is -2.20. The second-order valence-electron chi connectivity index (χ2n) is 7.81. The molecule has 2 fully saturated rings. The van der Waals surface area contributed by atoms with Crippen molar-refractivity contribution in [3.63, 3.8) is 0 Å². The van der Waals surface area contributed by atoms with E-state index in [1.54, 1.807) is 18.2 Å². The second-order valence-corrected chi connectivity index (χ2v) is 7.81. The number of hydrazone groups is 1. The summed E-state index contributed by atoms with van der Waals surface area (Å²) in [7, 11) is 0. The minimum Gasteiger partial charge on any atom is -0.490 e. The maximum Gasteiger partial charge on any atom is 0.341 e. The van der Waals surface area contributed by atoms with Gasteiger partial charge in [0, 0.05) is 31.7 Å². The summed E-state index contributed by atoms with van der Waals surface area (Å²) in [5.41, 5.74) is 3.48. The van der Waals surface area contributed by atoms with Crippen molar-refractivity contribution in [2.45, 2.75) is 32.6 Å². The lowest BCUT2D eigenvalue weighted by Crippen LogP contribution is -2.25. The van der Waals surface area contributed by atoms with Gasteiger partial charge in [-0.2, -0.15) is 20.1 Å². The van der Waals surface area contributed by atoms with Gasteiger partial charge in [0.2, 0.25) is 17.8 Å². The van der Waals surface area contributed by atoms with Crippen LogP contribution in [0, 0.1) is 0 Å². The normalized spacial score (nSPS) is 15.9. The summed E-state index contributed by atoms with van der Waals surface area (Å²) in [6.45, 7) is 5.51. The van der Waals surface area contributed by atoms with Crippen LogP contribution in [-0.2, 0) is 4.79 Å². The maximum absolute atomic E-state index is 11.0. The summed E-state index contributed by atoms with van der Waals surface area (Å²) in [5.74, 6) is 1.38. The van der Waals surface area contributed by atoms with Gasteiger partial charge < -0.3 is 24.4 Å². The van der Waals surface area contributed by atoms with Gasteiger partial charge in [-0.15, -0.1) is 0 Å². The van der Waals surface area contributed by atoms with Gasteiger partial charge in [-0.1, -0.05) is 6.07 Å². The van der Waals surface area contributed by atoms with E-state index in [1.807, 2.05) is 6.92 Å². The molecule has 0 radical (unpaired) electrons. The molecule has 11 heteroatoms. The highest BCUT2D eigenvalue weighted by Gasteiger charge is 2.21. The van der Waals surface area contributed by atoms with Crippen molar-refractivity contribution in [2.24, 2.45) is 5.10 Å². The summed E-state index contributed by atoms with van der Waals surface area (Å²) in [4.78, 5) is 29.2. The molecular weight excluding hydrogens is 426 g/mol. The van der Waals surface area contributed by atoms with E-state index in [-0.39, 0.29) is 0 Å². The number of carbonyl (C=O) groups is 1. The summed E-state index contributed by atoms with van der Waals surface area (Å²) < 4.78 is 11.0. The summed E-state index contributed by atoms with van der Waals surface area (Å²) >= 11 is 0. The molecule has 11 nitrogen and oxygen atoms in total. The fourth-order valence-corrected chi connectivity index (χ4v) is 3.87. The van der Waals surface area contributed by atoms with Crippen LogP contribution >= 0.6 is 0 Å². The maximum atomic E-state index is 11.0. The van der Waals surface area contributed by atoms with Crippen LogP contribution in [-0.4, -0.2) is 71.6 Å². The Kier molecular flexibility index (Phi) is 7.38. The van der Waals surface area contributed by atoms with E-state index in [2.05, 4.69) is 30.3 Å². The Morgan fingerprint density at radius 3 is 2.27 bits per heavy atom. The lowest BCUT2D eigenvalue weighted by molar-refractivity contribution is -0.139. The van der Waals surface area contributed by atoms with Crippen molar-refractivity contribution in [3.05, 3.63) is 23.8 Å². The molecule has 1 aromatic carbocycles. The number of nitrogens with one attached hydrogen (secondary N) is 1. The molecule has 33 heavy (non-hydrogen) atoms. The number of benzene rings is 1. The Balaban J connectivity index is 1.56. The molecule has 2 aliphatic heterocycles. The SMILES string of the molecule is CCOc1cccc(/C=N/Nc2nc(N3CCCC3)nc(N3CCCC3)n2)c1OCC(=O)O. The Hall–Kier alpha value is -3.63. The van der Waals surface area contributed by atoms with E-state index < -0.39 is 12.6 Å². The first kappa shape index (κ1) is 22.6. The van der Waals surface area contributed by atoms with E-state index in [9.17, 15) is 4.79 Å². The molecule has 2 saturated heterocycles. The molecule has 0 saturated carbocycles. The highest BCUT2D eigenvalue weighted by atomic mass is 16.5. The summed E-state index contributed by atoms with van der Waals surface area (Å²) in [6, 6.07) is 5.28. The highest BCUT2D eigenvalue weighted by Crippen LogP contribution is 2.30. The Morgan fingerprint density at radius 2 is 1.70 bits per heavy atom. The fraction of sp³-hybridized carbons (Fsp3) is 0.500. The van der Waals surface area contributed by atoms with Crippen LogP contribution in [0.2, 0.25) is 0 Å². The molecule has 4 rings (SSSR count). The first-order valence-electron chi connectivity index (χ1n) is 11.3. The van der Waals surface area contributed by atoms with E-state index in [4.69, 9.17) is 19.6 Å². The van der Waals surface area contributed by atoms with E-state index >= 15 is 0 Å². The number of carboxylic acids is 1. The molecular formula is C22H29N7O4. The zero-order valence-corrected chi connectivity index (χ0v) is 18.7. The molecule has 0 spiro atoms. The average Bonchev–Trinajstić information content (AvgIpc) is 3.53. The van der Waals surface area contributed by atoms with Gasteiger partial charge in [-0.25, -0.2) is 10.2 Å². The molecule has 0 amide bonds. The van der Waals surface area contributed by atoms with Crippen molar-refractivity contribution in [3.8, 4) is 11.5 Å². The lowest BCUT2D eigenvalue weighted by atomic mass is 10.2. The molecule has 2 aromatic rings. The van der Waals surface area contributed by atoms with Gasteiger partial charge in [0.05, 0.1) is 12.8 Å². The number of hydrogen-bond donors (Lipinski definition) is 2. The monoisotopic (exact) mass is 455 g/mol. The number of aromatic nitrogens is 3. The molecule has 1 aromatic heterocycles. The van der Waals surface area contributed by atoms with Crippen LogP contribution in [0.5, 0.6) is 11.5 Å². The van der Waals surface area contributed by atoms with Crippen molar-refractivity contribution in [1.82, 2.24) is 15.0 Å². The first-order chi connectivity index (χ1) is 16.1. The summed E-state index contributed by atoms with van der Waals surface area (Å²) in [6.07, 6.45) is 6.04.